The molecule has 2 N–H and O–H groups in total. The van der Waals surface area contributed by atoms with Gasteiger partial charge in [-0.2, -0.15) is 0 Å². The lowest BCUT2D eigenvalue weighted by atomic mass is 10.1. The summed E-state index contributed by atoms with van der Waals surface area (Å²) < 4.78 is 32.8. The Kier molecular flexibility index (Phi) is 6.19. The maximum absolute atomic E-state index is 12.4. The topological polar surface area (TPSA) is 97.4 Å². The number of amides is 1. The van der Waals surface area contributed by atoms with E-state index in [0.29, 0.717) is 16.6 Å². The molecule has 1 aromatic heterocycles. The van der Waals surface area contributed by atoms with Gasteiger partial charge in [0.2, 0.25) is 0 Å². The molecule has 0 spiro atoms. The molecule has 0 aliphatic rings. The lowest BCUT2D eigenvalue weighted by molar-refractivity contribution is -0.122. The van der Waals surface area contributed by atoms with Gasteiger partial charge in [-0.25, -0.2) is 13.4 Å². The van der Waals surface area contributed by atoms with Gasteiger partial charge in [0, 0.05) is 17.3 Å². The van der Waals surface area contributed by atoms with E-state index in [4.69, 9.17) is 4.74 Å². The second-order valence-electron chi connectivity index (χ2n) is 6.54. The van der Waals surface area contributed by atoms with Gasteiger partial charge in [0.25, 0.3) is 15.9 Å². The highest BCUT2D eigenvalue weighted by molar-refractivity contribution is 7.93. The Morgan fingerprint density at radius 2 is 1.76 bits per heavy atom. The number of carbonyl (C=O) groups excluding carboxylic acids is 1. The van der Waals surface area contributed by atoms with Crippen molar-refractivity contribution < 1.29 is 17.9 Å². The smallest absolute Gasteiger partial charge is 0.265 e. The quantitative estimate of drug-likeness (QED) is 0.590. The van der Waals surface area contributed by atoms with Crippen molar-refractivity contribution >= 4 is 38.1 Å². The van der Waals surface area contributed by atoms with E-state index in [2.05, 4.69) is 15.0 Å². The molecular formula is C20H21N3O4S2. The Labute approximate surface area is 173 Å². The van der Waals surface area contributed by atoms with Gasteiger partial charge in [0.1, 0.15) is 5.75 Å². The number of nitrogens with one attached hydrogen (secondary N) is 2. The number of hydrogen-bond donors (Lipinski definition) is 2. The summed E-state index contributed by atoms with van der Waals surface area (Å²) in [5.41, 5.74) is 2.57. The second kappa shape index (κ2) is 8.62. The number of aryl methyl sites for hydroxylation is 2. The first-order chi connectivity index (χ1) is 13.7. The van der Waals surface area contributed by atoms with Gasteiger partial charge in [0.15, 0.2) is 11.2 Å². The monoisotopic (exact) mass is 431 g/mol. The molecule has 0 saturated heterocycles. The van der Waals surface area contributed by atoms with E-state index in [-0.39, 0.29) is 10.8 Å². The standard InChI is InChI=1S/C20H21N3O4S2/c1-13-10-14(2)12-17(11-13)27-15(3)19(24)22-16-4-6-18(7-5-16)29(25,26)23-20-21-8-9-28-20/h4-12,15H,1-3H3,(H,21,23)(H,22,24)/t15-/m1/s1. The Morgan fingerprint density at radius 1 is 1.10 bits per heavy atom. The average Bonchev–Trinajstić information content (AvgIpc) is 3.13. The largest absolute Gasteiger partial charge is 0.481 e. The average molecular weight is 432 g/mol. The van der Waals surface area contributed by atoms with Gasteiger partial charge in [-0.05, 0) is 68.3 Å². The van der Waals surface area contributed by atoms with Crippen LogP contribution in [0.3, 0.4) is 0 Å². The first-order valence-corrected chi connectivity index (χ1v) is 11.2. The molecule has 0 fully saturated rings. The third-order valence-electron chi connectivity index (χ3n) is 3.96. The van der Waals surface area contributed by atoms with Crippen LogP contribution in [0.15, 0.2) is 58.9 Å². The Hall–Kier alpha value is -2.91. The lowest BCUT2D eigenvalue weighted by Gasteiger charge is -2.16. The highest BCUT2D eigenvalue weighted by atomic mass is 32.2. The molecule has 1 amide bonds. The fourth-order valence-corrected chi connectivity index (χ4v) is 4.46. The summed E-state index contributed by atoms with van der Waals surface area (Å²) in [5.74, 6) is 0.292. The molecule has 1 atom stereocenters. The third-order valence-corrected chi connectivity index (χ3v) is 6.14. The Bertz CT molecular complexity index is 1080. The van der Waals surface area contributed by atoms with Gasteiger partial charge >= 0.3 is 0 Å². The molecule has 0 bridgehead atoms. The van der Waals surface area contributed by atoms with Crippen LogP contribution < -0.4 is 14.8 Å². The summed E-state index contributed by atoms with van der Waals surface area (Å²) in [6.45, 7) is 5.58. The van der Waals surface area contributed by atoms with Crippen LogP contribution in [0.4, 0.5) is 10.8 Å². The summed E-state index contributed by atoms with van der Waals surface area (Å²) in [7, 11) is -3.73. The molecule has 9 heteroatoms. The van der Waals surface area contributed by atoms with Gasteiger partial charge in [0.05, 0.1) is 4.90 Å². The molecule has 0 radical (unpaired) electrons. The summed E-state index contributed by atoms with van der Waals surface area (Å²) in [6.07, 6.45) is 0.800. The van der Waals surface area contributed by atoms with Gasteiger partial charge in [-0.1, -0.05) is 6.07 Å². The molecule has 3 aromatic rings. The summed E-state index contributed by atoms with van der Waals surface area (Å²) in [6, 6.07) is 11.6. The maximum atomic E-state index is 12.4. The van der Waals surface area contributed by atoms with Crippen LogP contribution in [-0.2, 0) is 14.8 Å². The number of nitrogens with zero attached hydrogens (tertiary/aromatic N) is 1. The van der Waals surface area contributed by atoms with Gasteiger partial charge < -0.3 is 10.1 Å². The molecule has 7 nitrogen and oxygen atoms in total. The number of sulfonamides is 1. The first-order valence-electron chi connectivity index (χ1n) is 8.81. The predicted molar refractivity (Wildman–Crippen MR) is 114 cm³/mol. The summed E-state index contributed by atoms with van der Waals surface area (Å²) in [5, 5.41) is 4.70. The zero-order valence-electron chi connectivity index (χ0n) is 16.2. The molecule has 0 unspecified atom stereocenters. The molecule has 29 heavy (non-hydrogen) atoms. The molecule has 1 heterocycles. The minimum Gasteiger partial charge on any atom is -0.481 e. The van der Waals surface area contributed by atoms with Crippen LogP contribution in [0.25, 0.3) is 0 Å². The van der Waals surface area contributed by atoms with Crippen LogP contribution >= 0.6 is 11.3 Å². The molecule has 3 rings (SSSR count). The van der Waals surface area contributed by atoms with Crippen molar-refractivity contribution in [2.75, 3.05) is 10.0 Å². The Morgan fingerprint density at radius 3 is 2.34 bits per heavy atom. The van der Waals surface area contributed by atoms with Crippen LogP contribution in [0, 0.1) is 13.8 Å². The number of anilines is 2. The molecule has 0 aliphatic carbocycles. The van der Waals surface area contributed by atoms with Crippen molar-refractivity contribution in [1.82, 2.24) is 4.98 Å². The zero-order chi connectivity index (χ0) is 21.0. The van der Waals surface area contributed by atoms with Crippen LogP contribution in [-0.4, -0.2) is 25.4 Å². The van der Waals surface area contributed by atoms with E-state index in [9.17, 15) is 13.2 Å². The van der Waals surface area contributed by atoms with Crippen molar-refractivity contribution in [1.29, 1.82) is 0 Å². The summed E-state index contributed by atoms with van der Waals surface area (Å²) >= 11 is 1.19. The highest BCUT2D eigenvalue weighted by Gasteiger charge is 2.18. The van der Waals surface area contributed by atoms with Crippen molar-refractivity contribution in [2.45, 2.75) is 31.8 Å². The van der Waals surface area contributed by atoms with E-state index in [1.807, 2.05) is 32.0 Å². The summed E-state index contributed by atoms with van der Waals surface area (Å²) in [4.78, 5) is 16.4. The normalized spacial score (nSPS) is 12.2. The number of aromatic nitrogens is 1. The van der Waals surface area contributed by atoms with Gasteiger partial charge in [-0.3, -0.25) is 9.52 Å². The second-order valence-corrected chi connectivity index (χ2v) is 9.12. The van der Waals surface area contributed by atoms with Crippen molar-refractivity contribution in [3.05, 3.63) is 65.2 Å². The molecular weight excluding hydrogens is 410 g/mol. The van der Waals surface area contributed by atoms with Crippen molar-refractivity contribution in [3.63, 3.8) is 0 Å². The minimum atomic E-state index is -3.73. The van der Waals surface area contributed by atoms with E-state index in [0.717, 1.165) is 11.1 Å². The molecule has 2 aromatic carbocycles. The number of hydrogen-bond acceptors (Lipinski definition) is 6. The highest BCUT2D eigenvalue weighted by Crippen LogP contribution is 2.21. The zero-order valence-corrected chi connectivity index (χ0v) is 17.8. The number of benzene rings is 2. The maximum Gasteiger partial charge on any atom is 0.265 e. The third kappa shape index (κ3) is 5.55. The molecule has 152 valence electrons. The minimum absolute atomic E-state index is 0.0743. The van der Waals surface area contributed by atoms with Crippen LogP contribution in [0.1, 0.15) is 18.1 Å². The van der Waals surface area contributed by atoms with E-state index >= 15 is 0 Å². The van der Waals surface area contributed by atoms with Crippen molar-refractivity contribution in [2.24, 2.45) is 0 Å². The van der Waals surface area contributed by atoms with E-state index in [1.165, 1.54) is 41.8 Å². The molecule has 0 saturated carbocycles. The van der Waals surface area contributed by atoms with E-state index in [1.54, 1.807) is 12.3 Å². The number of carbonyl (C=O) groups is 1. The van der Waals surface area contributed by atoms with Crippen LogP contribution in [0.2, 0.25) is 0 Å². The van der Waals surface area contributed by atoms with Crippen LogP contribution in [0.5, 0.6) is 5.75 Å². The fraction of sp³-hybridized carbons (Fsp3) is 0.200. The van der Waals surface area contributed by atoms with E-state index < -0.39 is 16.1 Å². The number of thiazole rings is 1. The molecule has 0 aliphatic heterocycles. The Balaban J connectivity index is 1.63. The lowest BCUT2D eigenvalue weighted by Crippen LogP contribution is -2.30. The first kappa shape index (κ1) is 20.8. The van der Waals surface area contributed by atoms with Gasteiger partial charge in [-0.15, -0.1) is 11.3 Å². The predicted octanol–water partition coefficient (Wildman–Crippen LogP) is 3.97. The number of ether oxygens (including phenoxy) is 1. The SMILES string of the molecule is Cc1cc(C)cc(O[C@H](C)C(=O)Nc2ccc(S(=O)(=O)Nc3nccs3)cc2)c1. The van der Waals surface area contributed by atoms with Crippen molar-refractivity contribution in [3.8, 4) is 5.75 Å². The number of rotatable bonds is 7. The fourth-order valence-electron chi connectivity index (χ4n) is 2.67.